The van der Waals surface area contributed by atoms with Gasteiger partial charge in [0.1, 0.15) is 0 Å². The van der Waals surface area contributed by atoms with Crippen molar-refractivity contribution >= 4 is 53.7 Å². The highest BCUT2D eigenvalue weighted by Crippen LogP contribution is 2.37. The molecule has 0 N–H and O–H groups in total. The molecule has 22 heavy (non-hydrogen) atoms. The Morgan fingerprint density at radius 1 is 0.727 bits per heavy atom. The van der Waals surface area contributed by atoms with E-state index in [1.807, 2.05) is 0 Å². The summed E-state index contributed by atoms with van der Waals surface area (Å²) in [5.74, 6) is 0. The molecule has 0 radical (unpaired) electrons. The van der Waals surface area contributed by atoms with Gasteiger partial charge in [-0.05, 0) is 49.6 Å². The highest BCUT2D eigenvalue weighted by atomic mass is 79.9. The van der Waals surface area contributed by atoms with Gasteiger partial charge in [0, 0.05) is 27.3 Å². The van der Waals surface area contributed by atoms with E-state index in [0.29, 0.717) is 0 Å². The van der Waals surface area contributed by atoms with Crippen LogP contribution < -0.4 is 0 Å². The molecule has 0 unspecified atom stereocenters. The lowest BCUT2D eigenvalue weighted by Gasteiger charge is -2.09. The molecule has 0 fully saturated rings. The molecule has 0 saturated carbocycles. The number of rotatable bonds is 2. The molecule has 1 aromatic heterocycles. The number of benzene rings is 3. The summed E-state index contributed by atoms with van der Waals surface area (Å²) in [6.45, 7) is 0.861. The third-order valence-electron chi connectivity index (χ3n) is 4.01. The number of nitrogens with zero attached hydrogens (tertiary/aromatic N) is 1. The van der Waals surface area contributed by atoms with Crippen molar-refractivity contribution < 1.29 is 0 Å². The van der Waals surface area contributed by atoms with Gasteiger partial charge in [-0.15, -0.1) is 0 Å². The summed E-state index contributed by atoms with van der Waals surface area (Å²) < 4.78 is 4.57. The smallest absolute Gasteiger partial charge is 0.0650 e. The molecular formula is C19H13Br2N. The molecule has 0 aliphatic rings. The van der Waals surface area contributed by atoms with E-state index in [2.05, 4.69) is 103 Å². The third kappa shape index (κ3) is 2.20. The molecule has 0 spiro atoms. The summed E-state index contributed by atoms with van der Waals surface area (Å²) >= 11 is 7.39. The van der Waals surface area contributed by atoms with E-state index in [-0.39, 0.29) is 0 Å². The molecule has 0 bridgehead atoms. The van der Waals surface area contributed by atoms with Crippen LogP contribution in [-0.4, -0.2) is 4.57 Å². The quantitative estimate of drug-likeness (QED) is 0.359. The fourth-order valence-corrected chi connectivity index (χ4v) is 3.89. The van der Waals surface area contributed by atoms with Crippen molar-refractivity contribution in [2.75, 3.05) is 0 Å². The monoisotopic (exact) mass is 413 g/mol. The summed E-state index contributed by atoms with van der Waals surface area (Å²) in [7, 11) is 0. The topological polar surface area (TPSA) is 4.93 Å². The second kappa shape index (κ2) is 5.56. The number of para-hydroxylation sites is 1. The average Bonchev–Trinajstić information content (AvgIpc) is 2.87. The average molecular weight is 415 g/mol. The maximum absolute atomic E-state index is 3.76. The number of hydrogen-bond acceptors (Lipinski definition) is 0. The van der Waals surface area contributed by atoms with Crippen LogP contribution in [0.4, 0.5) is 0 Å². The fraction of sp³-hybridized carbons (Fsp3) is 0.0526. The molecule has 1 heterocycles. The largest absolute Gasteiger partial charge is 0.335 e. The first-order chi connectivity index (χ1) is 10.8. The first-order valence-corrected chi connectivity index (χ1v) is 8.73. The van der Waals surface area contributed by atoms with Crippen molar-refractivity contribution in [3.05, 3.63) is 81.2 Å². The molecule has 0 aliphatic heterocycles. The first-order valence-electron chi connectivity index (χ1n) is 7.14. The van der Waals surface area contributed by atoms with Crippen LogP contribution >= 0.6 is 31.9 Å². The van der Waals surface area contributed by atoms with E-state index >= 15 is 0 Å². The van der Waals surface area contributed by atoms with Gasteiger partial charge in [-0.1, -0.05) is 54.6 Å². The number of aromatic nitrogens is 1. The van der Waals surface area contributed by atoms with Crippen LogP contribution in [0.25, 0.3) is 21.8 Å². The van der Waals surface area contributed by atoms with Gasteiger partial charge in [-0.3, -0.25) is 0 Å². The SMILES string of the molecule is Brc1ccc2c3ccccc3n(Cc3ccccc3)c2c1Br. The molecular weight excluding hydrogens is 402 g/mol. The molecule has 0 amide bonds. The predicted molar refractivity (Wildman–Crippen MR) is 100 cm³/mol. The van der Waals surface area contributed by atoms with Crippen molar-refractivity contribution in [3.8, 4) is 0 Å². The van der Waals surface area contributed by atoms with Crippen LogP contribution in [0.15, 0.2) is 75.7 Å². The molecule has 0 saturated heterocycles. The van der Waals surface area contributed by atoms with Crippen LogP contribution in [0.1, 0.15) is 5.56 Å². The number of halogens is 2. The Bertz CT molecular complexity index is 971. The second-order valence-corrected chi connectivity index (χ2v) is 6.99. The maximum Gasteiger partial charge on any atom is 0.0650 e. The number of hydrogen-bond donors (Lipinski definition) is 0. The van der Waals surface area contributed by atoms with Crippen LogP contribution in [0, 0.1) is 0 Å². The first kappa shape index (κ1) is 14.0. The van der Waals surface area contributed by atoms with Crippen molar-refractivity contribution in [2.45, 2.75) is 6.54 Å². The Morgan fingerprint density at radius 3 is 2.27 bits per heavy atom. The summed E-state index contributed by atoms with van der Waals surface area (Å²) in [6.07, 6.45) is 0. The Balaban J connectivity index is 2.07. The lowest BCUT2D eigenvalue weighted by Crippen LogP contribution is -1.99. The minimum atomic E-state index is 0.861. The second-order valence-electron chi connectivity index (χ2n) is 5.35. The molecule has 108 valence electrons. The van der Waals surface area contributed by atoms with Gasteiger partial charge >= 0.3 is 0 Å². The van der Waals surface area contributed by atoms with Crippen LogP contribution in [-0.2, 0) is 6.54 Å². The van der Waals surface area contributed by atoms with Crippen molar-refractivity contribution in [3.63, 3.8) is 0 Å². The normalized spacial score (nSPS) is 11.4. The van der Waals surface area contributed by atoms with E-state index in [9.17, 15) is 0 Å². The molecule has 4 rings (SSSR count). The zero-order valence-electron chi connectivity index (χ0n) is 11.8. The van der Waals surface area contributed by atoms with Gasteiger partial charge < -0.3 is 4.57 Å². The molecule has 0 atom stereocenters. The minimum Gasteiger partial charge on any atom is -0.335 e. The van der Waals surface area contributed by atoms with Gasteiger partial charge in [0.2, 0.25) is 0 Å². The van der Waals surface area contributed by atoms with Crippen molar-refractivity contribution in [1.82, 2.24) is 4.57 Å². The van der Waals surface area contributed by atoms with Crippen LogP contribution in [0.3, 0.4) is 0 Å². The Hall–Kier alpha value is -1.58. The molecule has 3 heteroatoms. The van der Waals surface area contributed by atoms with Gasteiger partial charge in [0.05, 0.1) is 9.99 Å². The van der Waals surface area contributed by atoms with Gasteiger partial charge in [-0.2, -0.15) is 0 Å². The van der Waals surface area contributed by atoms with Crippen molar-refractivity contribution in [1.29, 1.82) is 0 Å². The molecule has 4 aromatic rings. The van der Waals surface area contributed by atoms with Crippen LogP contribution in [0.2, 0.25) is 0 Å². The maximum atomic E-state index is 3.76. The predicted octanol–water partition coefficient (Wildman–Crippen LogP) is 6.37. The summed E-state index contributed by atoms with van der Waals surface area (Å²) in [5.41, 5.74) is 3.80. The summed E-state index contributed by atoms with van der Waals surface area (Å²) in [6, 6.07) is 23.5. The molecule has 0 aliphatic carbocycles. The van der Waals surface area contributed by atoms with E-state index in [1.54, 1.807) is 0 Å². The lowest BCUT2D eigenvalue weighted by molar-refractivity contribution is 0.867. The number of fused-ring (bicyclic) bond motifs is 3. The van der Waals surface area contributed by atoms with E-state index in [1.165, 1.54) is 27.4 Å². The Morgan fingerprint density at radius 2 is 1.45 bits per heavy atom. The summed E-state index contributed by atoms with van der Waals surface area (Å²) in [4.78, 5) is 0. The Labute approximate surface area is 145 Å². The van der Waals surface area contributed by atoms with Gasteiger partial charge in [0.15, 0.2) is 0 Å². The van der Waals surface area contributed by atoms with Gasteiger partial charge in [0.25, 0.3) is 0 Å². The highest BCUT2D eigenvalue weighted by molar-refractivity contribution is 9.13. The lowest BCUT2D eigenvalue weighted by atomic mass is 10.2. The fourth-order valence-electron chi connectivity index (χ4n) is 3.01. The van der Waals surface area contributed by atoms with Crippen molar-refractivity contribution in [2.24, 2.45) is 0 Å². The van der Waals surface area contributed by atoms with Crippen LogP contribution in [0.5, 0.6) is 0 Å². The molecule has 1 nitrogen and oxygen atoms in total. The van der Waals surface area contributed by atoms with E-state index in [4.69, 9.17) is 0 Å². The van der Waals surface area contributed by atoms with E-state index < -0.39 is 0 Å². The standard InChI is InChI=1S/C19H13Br2N/c20-16-11-10-15-14-8-4-5-9-17(14)22(19(15)18(16)21)12-13-6-2-1-3-7-13/h1-11H,12H2. The van der Waals surface area contributed by atoms with E-state index in [0.717, 1.165) is 15.5 Å². The summed E-state index contributed by atoms with van der Waals surface area (Å²) in [5, 5.41) is 2.57. The zero-order chi connectivity index (χ0) is 15.1. The Kier molecular flexibility index (Phi) is 3.55. The zero-order valence-corrected chi connectivity index (χ0v) is 14.9. The molecule has 3 aromatic carbocycles. The highest BCUT2D eigenvalue weighted by Gasteiger charge is 2.14. The van der Waals surface area contributed by atoms with Gasteiger partial charge in [-0.25, -0.2) is 0 Å². The third-order valence-corrected chi connectivity index (χ3v) is 6.00. The minimum absolute atomic E-state index is 0.861.